The predicted octanol–water partition coefficient (Wildman–Crippen LogP) is 2.50. The summed E-state index contributed by atoms with van der Waals surface area (Å²) in [4.78, 5) is 44.4. The van der Waals surface area contributed by atoms with Gasteiger partial charge in [0.2, 0.25) is 5.91 Å². The van der Waals surface area contributed by atoms with Crippen LogP contribution in [0.4, 0.5) is 5.69 Å². The zero-order valence-electron chi connectivity index (χ0n) is 18.8. The van der Waals surface area contributed by atoms with E-state index >= 15 is 0 Å². The lowest BCUT2D eigenvalue weighted by atomic mass is 10.0. The second-order valence-corrected chi connectivity index (χ2v) is 8.42. The van der Waals surface area contributed by atoms with Crippen molar-refractivity contribution in [3.05, 3.63) is 64.6 Å². The maximum Gasteiger partial charge on any atom is 0.261 e. The van der Waals surface area contributed by atoms with Gasteiger partial charge in [0.25, 0.3) is 5.56 Å². The standard InChI is InChI=1S/C23H23N9O2/c1-11(2)17(22-25-7-4-8-26-22)30-19-16(23(34)29-15-10-32(3)31-18(15)19)21-27-13-6-5-12(20(24)33)9-14(13)28-21/h4-11,17,30H,1-3H3,(H2,24,33)(H,27,28)(H,29,34)/t17-/m0/s1. The number of amides is 1. The maximum absolute atomic E-state index is 13.3. The van der Waals surface area contributed by atoms with Crippen molar-refractivity contribution in [1.82, 2.24) is 34.7 Å². The molecular weight excluding hydrogens is 434 g/mol. The summed E-state index contributed by atoms with van der Waals surface area (Å²) < 4.78 is 1.64. The van der Waals surface area contributed by atoms with Crippen molar-refractivity contribution in [1.29, 1.82) is 0 Å². The van der Waals surface area contributed by atoms with E-state index in [-0.39, 0.29) is 17.5 Å². The van der Waals surface area contributed by atoms with Gasteiger partial charge in [0.15, 0.2) is 5.82 Å². The van der Waals surface area contributed by atoms with Gasteiger partial charge in [0, 0.05) is 31.2 Å². The molecule has 4 heterocycles. The Morgan fingerprint density at radius 1 is 1.15 bits per heavy atom. The summed E-state index contributed by atoms with van der Waals surface area (Å²) in [6.45, 7) is 4.09. The van der Waals surface area contributed by atoms with Gasteiger partial charge in [-0.15, -0.1) is 0 Å². The summed E-state index contributed by atoms with van der Waals surface area (Å²) >= 11 is 0. The van der Waals surface area contributed by atoms with Gasteiger partial charge in [-0.3, -0.25) is 14.3 Å². The number of aromatic nitrogens is 7. The summed E-state index contributed by atoms with van der Waals surface area (Å²) in [6, 6.07) is 6.36. The Bertz CT molecular complexity index is 1580. The number of anilines is 1. The molecule has 5 rings (SSSR count). The normalized spacial score (nSPS) is 12.5. The summed E-state index contributed by atoms with van der Waals surface area (Å²) in [5.41, 5.74) is 8.58. The molecule has 0 spiro atoms. The first kappa shape index (κ1) is 21.3. The number of imidazole rings is 1. The Labute approximate surface area is 193 Å². The van der Waals surface area contributed by atoms with E-state index in [0.29, 0.717) is 50.5 Å². The molecule has 0 aliphatic heterocycles. The van der Waals surface area contributed by atoms with E-state index < -0.39 is 5.91 Å². The molecule has 0 bridgehead atoms. The molecular formula is C23H23N9O2. The van der Waals surface area contributed by atoms with Crippen LogP contribution < -0.4 is 16.6 Å². The van der Waals surface area contributed by atoms with E-state index in [4.69, 9.17) is 5.73 Å². The lowest BCUT2D eigenvalue weighted by Crippen LogP contribution is -2.22. The van der Waals surface area contributed by atoms with Gasteiger partial charge >= 0.3 is 0 Å². The zero-order valence-corrected chi connectivity index (χ0v) is 18.8. The highest BCUT2D eigenvalue weighted by Crippen LogP contribution is 2.34. The van der Waals surface area contributed by atoms with E-state index in [0.717, 1.165) is 0 Å². The Morgan fingerprint density at radius 3 is 2.62 bits per heavy atom. The van der Waals surface area contributed by atoms with Crippen molar-refractivity contribution in [2.24, 2.45) is 18.7 Å². The molecule has 5 N–H and O–H groups in total. The molecule has 0 unspecified atom stereocenters. The van der Waals surface area contributed by atoms with Gasteiger partial charge in [-0.1, -0.05) is 13.8 Å². The molecule has 11 nitrogen and oxygen atoms in total. The van der Waals surface area contributed by atoms with Crippen molar-refractivity contribution in [2.45, 2.75) is 19.9 Å². The third-order valence-electron chi connectivity index (χ3n) is 5.62. The van der Waals surface area contributed by atoms with Crippen LogP contribution in [0.2, 0.25) is 0 Å². The number of carbonyl (C=O) groups is 1. The van der Waals surface area contributed by atoms with E-state index in [1.54, 1.807) is 54.6 Å². The average Bonchev–Trinajstić information content (AvgIpc) is 3.39. The lowest BCUT2D eigenvalue weighted by Gasteiger charge is -2.23. The number of hydrogen-bond acceptors (Lipinski definition) is 7. The largest absolute Gasteiger partial charge is 0.372 e. The van der Waals surface area contributed by atoms with E-state index in [1.807, 2.05) is 13.8 Å². The molecule has 0 aliphatic carbocycles. The molecule has 1 atom stereocenters. The van der Waals surface area contributed by atoms with Crippen LogP contribution in [0.25, 0.3) is 33.5 Å². The predicted molar refractivity (Wildman–Crippen MR) is 128 cm³/mol. The molecule has 34 heavy (non-hydrogen) atoms. The van der Waals surface area contributed by atoms with Gasteiger partial charge in [0.05, 0.1) is 28.3 Å². The van der Waals surface area contributed by atoms with Crippen LogP contribution in [-0.4, -0.2) is 40.6 Å². The molecule has 0 radical (unpaired) electrons. The Balaban J connectivity index is 1.73. The molecule has 0 fully saturated rings. The van der Waals surface area contributed by atoms with Gasteiger partial charge in [-0.2, -0.15) is 5.10 Å². The van der Waals surface area contributed by atoms with E-state index in [2.05, 4.69) is 35.3 Å². The number of nitrogens with two attached hydrogens (primary N) is 1. The summed E-state index contributed by atoms with van der Waals surface area (Å²) in [5.74, 6) is 0.492. The fraction of sp³-hybridized carbons (Fsp3) is 0.217. The number of pyridine rings is 1. The van der Waals surface area contributed by atoms with Crippen molar-refractivity contribution in [3.63, 3.8) is 0 Å². The highest BCUT2D eigenvalue weighted by molar-refractivity contribution is 5.98. The van der Waals surface area contributed by atoms with Crippen LogP contribution in [0.3, 0.4) is 0 Å². The number of H-pyrrole nitrogens is 2. The molecule has 0 saturated carbocycles. The molecule has 5 aromatic rings. The topological polar surface area (TPSA) is 160 Å². The number of carbonyl (C=O) groups excluding carboxylic acids is 1. The molecule has 11 heteroatoms. The van der Waals surface area contributed by atoms with Gasteiger partial charge in [-0.25, -0.2) is 15.0 Å². The number of hydrogen-bond donors (Lipinski definition) is 4. The van der Waals surface area contributed by atoms with Crippen LogP contribution in [0.5, 0.6) is 0 Å². The Kier molecular flexibility index (Phi) is 5.08. The number of fused-ring (bicyclic) bond motifs is 2. The second kappa shape index (κ2) is 8.10. The third kappa shape index (κ3) is 3.66. The molecule has 4 aromatic heterocycles. The SMILES string of the molecule is CC(C)[C@H](Nc1c(-c2nc3ccc(C(N)=O)cc3[nH]2)c(=O)[nH]c2cn(C)nc12)c1ncccn1. The fourth-order valence-electron chi connectivity index (χ4n) is 3.99. The number of aryl methyl sites for hydroxylation is 1. The minimum absolute atomic E-state index is 0.0992. The van der Waals surface area contributed by atoms with E-state index in [9.17, 15) is 9.59 Å². The van der Waals surface area contributed by atoms with Crippen LogP contribution in [0, 0.1) is 5.92 Å². The first-order valence-corrected chi connectivity index (χ1v) is 10.7. The van der Waals surface area contributed by atoms with E-state index in [1.165, 1.54) is 0 Å². The van der Waals surface area contributed by atoms with Crippen LogP contribution >= 0.6 is 0 Å². The van der Waals surface area contributed by atoms with Crippen LogP contribution in [-0.2, 0) is 7.05 Å². The number of nitrogens with zero attached hydrogens (tertiary/aromatic N) is 5. The lowest BCUT2D eigenvalue weighted by molar-refractivity contribution is 0.100. The quantitative estimate of drug-likeness (QED) is 0.305. The fourth-order valence-corrected chi connectivity index (χ4v) is 3.99. The number of primary amides is 1. The number of nitrogens with one attached hydrogen (secondary N) is 3. The molecule has 0 saturated heterocycles. The minimum Gasteiger partial charge on any atom is -0.372 e. The van der Waals surface area contributed by atoms with Gasteiger partial charge < -0.3 is 21.0 Å². The first-order chi connectivity index (χ1) is 16.3. The second-order valence-electron chi connectivity index (χ2n) is 8.42. The van der Waals surface area contributed by atoms with Crippen molar-refractivity contribution < 1.29 is 4.79 Å². The highest BCUT2D eigenvalue weighted by atomic mass is 16.1. The monoisotopic (exact) mass is 457 g/mol. The summed E-state index contributed by atoms with van der Waals surface area (Å²) in [7, 11) is 1.79. The summed E-state index contributed by atoms with van der Waals surface area (Å²) in [6.07, 6.45) is 5.11. The first-order valence-electron chi connectivity index (χ1n) is 10.7. The van der Waals surface area contributed by atoms with Crippen LogP contribution in [0.15, 0.2) is 47.7 Å². The Morgan fingerprint density at radius 2 is 1.91 bits per heavy atom. The third-order valence-corrected chi connectivity index (χ3v) is 5.62. The zero-order chi connectivity index (χ0) is 24.0. The molecule has 172 valence electrons. The minimum atomic E-state index is -0.546. The van der Waals surface area contributed by atoms with Crippen molar-refractivity contribution in [3.8, 4) is 11.4 Å². The number of benzene rings is 1. The van der Waals surface area contributed by atoms with Gasteiger partial charge in [-0.05, 0) is 30.2 Å². The van der Waals surface area contributed by atoms with Gasteiger partial charge in [0.1, 0.15) is 16.9 Å². The molecule has 0 aliphatic rings. The van der Waals surface area contributed by atoms with Crippen molar-refractivity contribution in [2.75, 3.05) is 5.32 Å². The highest BCUT2D eigenvalue weighted by Gasteiger charge is 2.25. The number of aromatic amines is 2. The van der Waals surface area contributed by atoms with Crippen LogP contribution in [0.1, 0.15) is 36.1 Å². The molecule has 1 amide bonds. The van der Waals surface area contributed by atoms with Crippen molar-refractivity contribution >= 4 is 33.7 Å². The average molecular weight is 457 g/mol. The smallest absolute Gasteiger partial charge is 0.261 e. The Hall–Kier alpha value is -4.54. The number of rotatable bonds is 6. The summed E-state index contributed by atoms with van der Waals surface area (Å²) in [5, 5.41) is 8.06. The molecule has 1 aromatic carbocycles. The maximum atomic E-state index is 13.3.